The Morgan fingerprint density at radius 1 is 1.00 bits per heavy atom. The highest BCUT2D eigenvalue weighted by atomic mass is 32.3. The first kappa shape index (κ1) is 29.4. The summed E-state index contributed by atoms with van der Waals surface area (Å²) in [5, 5.41) is 11.2. The predicted molar refractivity (Wildman–Crippen MR) is 144 cm³/mol. The largest absolute Gasteiger partial charge is 0.726 e. The van der Waals surface area contributed by atoms with Crippen LogP contribution in [0, 0.1) is 6.92 Å². The Morgan fingerprint density at radius 3 is 2.14 bits per heavy atom. The maximum Gasteiger partial charge on any atom is 0.410 e. The van der Waals surface area contributed by atoms with Crippen molar-refractivity contribution in [2.45, 2.75) is 34.2 Å². The Morgan fingerprint density at radius 2 is 1.61 bits per heavy atom. The summed E-state index contributed by atoms with van der Waals surface area (Å²) >= 11 is 1.68. The van der Waals surface area contributed by atoms with Gasteiger partial charge >= 0.3 is 5.13 Å². The van der Waals surface area contributed by atoms with Crippen LogP contribution >= 0.6 is 11.3 Å². The van der Waals surface area contributed by atoms with Crippen LogP contribution in [-0.4, -0.2) is 39.7 Å². The number of hydrogen-bond acceptors (Lipinski definition) is 9. The fourth-order valence-corrected chi connectivity index (χ4v) is 4.48. The summed E-state index contributed by atoms with van der Waals surface area (Å²) < 4.78 is 33.1. The van der Waals surface area contributed by atoms with E-state index in [0.29, 0.717) is 0 Å². The van der Waals surface area contributed by atoms with Crippen molar-refractivity contribution in [1.29, 1.82) is 0 Å². The number of benzene rings is 2. The van der Waals surface area contributed by atoms with Gasteiger partial charge < -0.3 is 14.4 Å². The number of anilines is 2. The van der Waals surface area contributed by atoms with Gasteiger partial charge in [-0.2, -0.15) is 0 Å². The summed E-state index contributed by atoms with van der Waals surface area (Å²) in [6.45, 7) is 12.5. The van der Waals surface area contributed by atoms with E-state index >= 15 is 0 Å². The number of aryl methyl sites for hydroxylation is 2. The quantitative estimate of drug-likeness (QED) is 0.152. The Labute approximate surface area is 218 Å². The molecule has 1 heterocycles. The summed E-state index contributed by atoms with van der Waals surface area (Å²) in [6.07, 6.45) is 2.13. The first-order valence-corrected chi connectivity index (χ1v) is 13.8. The van der Waals surface area contributed by atoms with Crippen LogP contribution in [0.4, 0.5) is 21.5 Å². The van der Waals surface area contributed by atoms with Crippen LogP contribution in [0.2, 0.25) is 0 Å². The molecule has 0 aliphatic heterocycles. The highest BCUT2D eigenvalue weighted by Gasteiger charge is 2.17. The summed E-state index contributed by atoms with van der Waals surface area (Å²) in [7, 11) is -1.58. The number of aromatic nitrogens is 1. The second kappa shape index (κ2) is 14.0. The lowest BCUT2D eigenvalue weighted by Gasteiger charge is -2.23. The van der Waals surface area contributed by atoms with Gasteiger partial charge in [0.05, 0.1) is 19.3 Å². The third kappa shape index (κ3) is 8.98. The molecule has 2 aromatic carbocycles. The van der Waals surface area contributed by atoms with Crippen LogP contribution < -0.4 is 14.4 Å². The zero-order chi connectivity index (χ0) is 26.7. The Balaban J connectivity index is 0.000000678. The van der Waals surface area contributed by atoms with Gasteiger partial charge in [0.25, 0.3) is 0 Å². The molecule has 0 atom stereocenters. The molecule has 0 amide bonds. The van der Waals surface area contributed by atoms with Crippen molar-refractivity contribution in [3.8, 4) is 0 Å². The molecule has 0 aliphatic carbocycles. The summed E-state index contributed by atoms with van der Waals surface area (Å²) in [5.41, 5.74) is 4.57. The van der Waals surface area contributed by atoms with Crippen LogP contribution in [-0.2, 0) is 28.2 Å². The second-order valence-electron chi connectivity index (χ2n) is 7.88. The maximum absolute atomic E-state index is 9.22. The van der Waals surface area contributed by atoms with Gasteiger partial charge in [-0.15, -0.1) is 0 Å². The SMILES string of the molecule is CCN(Cc1ccccc1)c1ccc(N=Nc2sc(N(CC)CC)c[n+]2C)c(C)c1.COS(=O)(=O)[O-]. The number of thiazole rings is 1. The van der Waals surface area contributed by atoms with Crippen LogP contribution in [0.3, 0.4) is 0 Å². The van der Waals surface area contributed by atoms with Gasteiger partial charge in [-0.1, -0.05) is 30.3 Å². The Hall–Kier alpha value is -2.86. The van der Waals surface area contributed by atoms with Gasteiger partial charge in [-0.05, 0) is 73.5 Å². The van der Waals surface area contributed by atoms with Crippen molar-refractivity contribution in [2.24, 2.45) is 17.3 Å². The van der Waals surface area contributed by atoms with Crippen molar-refractivity contribution >= 4 is 43.2 Å². The molecule has 0 saturated heterocycles. The highest BCUT2D eigenvalue weighted by molar-refractivity contribution is 7.80. The molecule has 0 fully saturated rings. The lowest BCUT2D eigenvalue weighted by atomic mass is 10.1. The highest BCUT2D eigenvalue weighted by Crippen LogP contribution is 2.30. The first-order valence-electron chi connectivity index (χ1n) is 11.7. The van der Waals surface area contributed by atoms with Crippen molar-refractivity contribution in [1.82, 2.24) is 0 Å². The smallest absolute Gasteiger partial charge is 0.410 e. The minimum absolute atomic E-state index is 0.808. The molecule has 11 heteroatoms. The molecular weight excluding hydrogens is 498 g/mol. The molecule has 0 radical (unpaired) electrons. The predicted octanol–water partition coefficient (Wildman–Crippen LogP) is 5.26. The molecule has 196 valence electrons. The topological polar surface area (TPSA) is 102 Å². The van der Waals surface area contributed by atoms with Gasteiger partial charge in [0.15, 0.2) is 0 Å². The van der Waals surface area contributed by atoms with E-state index in [4.69, 9.17) is 0 Å². The van der Waals surface area contributed by atoms with Crippen molar-refractivity contribution in [2.75, 3.05) is 36.5 Å². The minimum atomic E-state index is -4.41. The minimum Gasteiger partial charge on any atom is -0.726 e. The van der Waals surface area contributed by atoms with Crippen LogP contribution in [0.1, 0.15) is 31.9 Å². The van der Waals surface area contributed by atoms with Crippen LogP contribution in [0.15, 0.2) is 65.0 Å². The third-order valence-corrected chi connectivity index (χ3v) is 7.00. The molecule has 0 bridgehead atoms. The molecule has 0 spiro atoms. The molecule has 0 saturated carbocycles. The van der Waals surface area contributed by atoms with Gasteiger partial charge in [0.1, 0.15) is 16.9 Å². The first-order chi connectivity index (χ1) is 17.1. The van der Waals surface area contributed by atoms with E-state index < -0.39 is 10.4 Å². The zero-order valence-corrected chi connectivity index (χ0v) is 23.3. The van der Waals surface area contributed by atoms with E-state index in [-0.39, 0.29) is 0 Å². The third-order valence-electron chi connectivity index (χ3n) is 5.47. The molecule has 3 aromatic rings. The average molecular weight is 534 g/mol. The van der Waals surface area contributed by atoms with Crippen molar-refractivity contribution in [3.63, 3.8) is 0 Å². The van der Waals surface area contributed by atoms with Gasteiger partial charge in [0.2, 0.25) is 10.4 Å². The summed E-state index contributed by atoms with van der Waals surface area (Å²) in [6, 6.07) is 17.0. The maximum atomic E-state index is 9.22. The Bertz CT molecular complexity index is 1230. The van der Waals surface area contributed by atoms with Crippen molar-refractivity contribution < 1.29 is 21.7 Å². The molecule has 36 heavy (non-hydrogen) atoms. The summed E-state index contributed by atoms with van der Waals surface area (Å²) in [4.78, 5) is 4.70. The van der Waals surface area contributed by atoms with Crippen LogP contribution in [0.5, 0.6) is 0 Å². The molecule has 3 rings (SSSR count). The van der Waals surface area contributed by atoms with E-state index in [2.05, 4.69) is 107 Å². The van der Waals surface area contributed by atoms with Gasteiger partial charge in [-0.3, -0.25) is 4.18 Å². The second-order valence-corrected chi connectivity index (χ2v) is 10.0. The van der Waals surface area contributed by atoms with E-state index in [1.165, 1.54) is 16.3 Å². The fourth-order valence-electron chi connectivity index (χ4n) is 3.42. The molecule has 0 aliphatic rings. The standard InChI is InChI=1S/C24H32N5S.CH4O4S/c1-6-28(7-2)23-18-27(5)24(30-23)26-25-22-15-14-21(16-19(22)4)29(8-3)17-20-12-10-9-11-13-20;1-5-6(2,3)4/h9-16,18H,6-8,17H2,1-5H3;1H3,(H,2,3,4)/q+1;/p-1. The van der Waals surface area contributed by atoms with Crippen molar-refractivity contribution in [3.05, 3.63) is 65.9 Å². The van der Waals surface area contributed by atoms with E-state index in [1.807, 2.05) is 11.6 Å². The lowest BCUT2D eigenvalue weighted by Crippen LogP contribution is -2.26. The molecule has 0 unspecified atom stereocenters. The fraction of sp³-hybridized carbons (Fsp3) is 0.400. The molecule has 0 N–H and O–H groups in total. The lowest BCUT2D eigenvalue weighted by molar-refractivity contribution is -0.653. The molecule has 1 aromatic heterocycles. The zero-order valence-electron chi connectivity index (χ0n) is 21.7. The molecule has 9 nitrogen and oxygen atoms in total. The number of rotatable bonds is 10. The summed E-state index contributed by atoms with van der Waals surface area (Å²) in [5.74, 6) is 0. The number of hydrogen-bond donors (Lipinski definition) is 0. The van der Waals surface area contributed by atoms with E-state index in [0.717, 1.165) is 49.7 Å². The van der Waals surface area contributed by atoms with Gasteiger partial charge in [0, 0.05) is 31.9 Å². The Kier molecular flexibility index (Phi) is 11.4. The van der Waals surface area contributed by atoms with Gasteiger partial charge in [-0.25, -0.2) is 13.0 Å². The normalized spacial score (nSPS) is 11.3. The average Bonchev–Trinajstić information content (AvgIpc) is 3.23. The van der Waals surface area contributed by atoms with E-state index in [1.54, 1.807) is 11.3 Å². The monoisotopic (exact) mass is 533 g/mol. The van der Waals surface area contributed by atoms with Crippen LogP contribution in [0.25, 0.3) is 0 Å². The number of azo groups is 1. The number of nitrogens with zero attached hydrogens (tertiary/aromatic N) is 5. The molecular formula is C25H35N5O4S2. The van der Waals surface area contributed by atoms with E-state index in [9.17, 15) is 13.0 Å².